The topological polar surface area (TPSA) is 59.8 Å². The number of amides is 1. The molecule has 0 aliphatic carbocycles. The highest BCUT2D eigenvalue weighted by atomic mass is 19.4. The van der Waals surface area contributed by atoms with Crippen LogP contribution in [0, 0.1) is 6.92 Å². The number of aryl methyl sites for hydroxylation is 1. The first-order valence-corrected chi connectivity index (χ1v) is 7.88. The van der Waals surface area contributed by atoms with Crippen LogP contribution in [0.2, 0.25) is 0 Å². The lowest BCUT2D eigenvalue weighted by atomic mass is 10.1. The van der Waals surface area contributed by atoms with Gasteiger partial charge in [-0.3, -0.25) is 9.59 Å². The molecule has 0 atom stereocenters. The van der Waals surface area contributed by atoms with Gasteiger partial charge < -0.3 is 14.1 Å². The maximum atomic E-state index is 12.7. The summed E-state index contributed by atoms with van der Waals surface area (Å²) in [5, 5.41) is 0. The molecular weight excluding hydrogens is 351 g/mol. The fraction of sp³-hybridized carbons (Fsp3) is 0.333. The van der Waals surface area contributed by atoms with Crippen LogP contribution in [0.25, 0.3) is 0 Å². The number of ether oxygens (including phenoxy) is 1. The van der Waals surface area contributed by atoms with E-state index in [-0.39, 0.29) is 25.5 Å². The Bertz CT molecular complexity index is 765. The molecule has 0 bridgehead atoms. The van der Waals surface area contributed by atoms with Gasteiger partial charge in [0, 0.05) is 6.54 Å². The molecular formula is C18H18F3NO4. The molecule has 0 fully saturated rings. The average molecular weight is 369 g/mol. The van der Waals surface area contributed by atoms with Gasteiger partial charge >= 0.3 is 12.1 Å². The summed E-state index contributed by atoms with van der Waals surface area (Å²) in [6, 6.07) is 7.47. The van der Waals surface area contributed by atoms with Gasteiger partial charge in [-0.25, -0.2) is 0 Å². The fourth-order valence-electron chi connectivity index (χ4n) is 2.29. The molecule has 2 rings (SSSR count). The van der Waals surface area contributed by atoms with Gasteiger partial charge in [-0.05, 0) is 43.7 Å². The zero-order valence-electron chi connectivity index (χ0n) is 14.3. The highest BCUT2D eigenvalue weighted by Crippen LogP contribution is 2.29. The third kappa shape index (κ3) is 5.11. The monoisotopic (exact) mass is 369 g/mol. The Morgan fingerprint density at radius 1 is 1.12 bits per heavy atom. The van der Waals surface area contributed by atoms with Gasteiger partial charge in [-0.1, -0.05) is 12.1 Å². The summed E-state index contributed by atoms with van der Waals surface area (Å²) >= 11 is 0. The van der Waals surface area contributed by atoms with E-state index in [4.69, 9.17) is 9.15 Å². The molecule has 0 saturated heterocycles. The number of furan rings is 1. The number of esters is 1. The largest absolute Gasteiger partial charge is 0.465 e. The van der Waals surface area contributed by atoms with Gasteiger partial charge in [0.25, 0.3) is 5.91 Å². The van der Waals surface area contributed by atoms with Crippen LogP contribution in [0.1, 0.15) is 34.4 Å². The summed E-state index contributed by atoms with van der Waals surface area (Å²) in [6.07, 6.45) is -4.44. The minimum absolute atomic E-state index is 0.0405. The standard InChI is InChI=1S/C18H18F3NO4/c1-3-25-16(23)11-22(17(24)15-9-4-12(2)26-15)10-13-5-7-14(8-6-13)18(19,20)21/h4-9H,3,10-11H2,1-2H3. The zero-order chi connectivity index (χ0) is 19.3. The first kappa shape index (κ1) is 19.6. The maximum absolute atomic E-state index is 12.7. The number of carbonyl (C=O) groups is 2. The number of rotatable bonds is 6. The highest BCUT2D eigenvalue weighted by molar-refractivity contribution is 5.93. The van der Waals surface area contributed by atoms with Crippen molar-refractivity contribution in [2.24, 2.45) is 0 Å². The van der Waals surface area contributed by atoms with Crippen LogP contribution in [-0.4, -0.2) is 29.9 Å². The molecule has 2 aromatic rings. The number of nitrogens with zero attached hydrogens (tertiary/aromatic N) is 1. The molecule has 0 N–H and O–H groups in total. The molecule has 8 heteroatoms. The summed E-state index contributed by atoms with van der Waals surface area (Å²) in [5.74, 6) is -0.597. The zero-order valence-corrected chi connectivity index (χ0v) is 14.3. The van der Waals surface area contributed by atoms with Gasteiger partial charge in [0.1, 0.15) is 12.3 Å². The van der Waals surface area contributed by atoms with E-state index >= 15 is 0 Å². The SMILES string of the molecule is CCOC(=O)CN(Cc1ccc(C(F)(F)F)cc1)C(=O)c1ccc(C)o1. The molecule has 26 heavy (non-hydrogen) atoms. The second kappa shape index (κ2) is 8.07. The Hall–Kier alpha value is -2.77. The van der Waals surface area contributed by atoms with Crippen molar-refractivity contribution in [1.82, 2.24) is 4.90 Å². The van der Waals surface area contributed by atoms with E-state index in [1.807, 2.05) is 0 Å². The van der Waals surface area contributed by atoms with E-state index in [9.17, 15) is 22.8 Å². The van der Waals surface area contributed by atoms with E-state index in [1.54, 1.807) is 19.9 Å². The molecule has 0 unspecified atom stereocenters. The van der Waals surface area contributed by atoms with Crippen molar-refractivity contribution in [1.29, 1.82) is 0 Å². The molecule has 140 valence electrons. The Balaban J connectivity index is 2.20. The average Bonchev–Trinajstić information content (AvgIpc) is 3.00. The van der Waals surface area contributed by atoms with E-state index in [2.05, 4.69) is 0 Å². The summed E-state index contributed by atoms with van der Waals surface area (Å²) in [7, 11) is 0. The lowest BCUT2D eigenvalue weighted by Gasteiger charge is -2.21. The summed E-state index contributed by atoms with van der Waals surface area (Å²) in [6.45, 7) is 3.06. The summed E-state index contributed by atoms with van der Waals surface area (Å²) in [5.41, 5.74) is -0.342. The number of carbonyl (C=O) groups excluding carboxylic acids is 2. The van der Waals surface area contributed by atoms with Crippen LogP contribution < -0.4 is 0 Å². The smallest absolute Gasteiger partial charge is 0.416 e. The van der Waals surface area contributed by atoms with E-state index in [1.165, 1.54) is 23.1 Å². The second-order valence-electron chi connectivity index (χ2n) is 5.57. The third-order valence-corrected chi connectivity index (χ3v) is 3.52. The Kier molecular flexibility index (Phi) is 6.07. The van der Waals surface area contributed by atoms with Crippen molar-refractivity contribution >= 4 is 11.9 Å². The van der Waals surface area contributed by atoms with Crippen LogP contribution in [0.15, 0.2) is 40.8 Å². The lowest BCUT2D eigenvalue weighted by Crippen LogP contribution is -2.36. The highest BCUT2D eigenvalue weighted by Gasteiger charge is 2.30. The number of halogens is 3. The molecule has 5 nitrogen and oxygen atoms in total. The van der Waals surface area contributed by atoms with Crippen LogP contribution >= 0.6 is 0 Å². The predicted octanol–water partition coefficient (Wildman–Crippen LogP) is 3.81. The van der Waals surface area contributed by atoms with Crippen LogP contribution in [0.4, 0.5) is 13.2 Å². The predicted molar refractivity (Wildman–Crippen MR) is 86.3 cm³/mol. The van der Waals surface area contributed by atoms with Gasteiger partial charge in [0.15, 0.2) is 5.76 Å². The van der Waals surface area contributed by atoms with Gasteiger partial charge in [0.05, 0.1) is 12.2 Å². The normalized spacial score (nSPS) is 11.3. The molecule has 1 aromatic heterocycles. The maximum Gasteiger partial charge on any atom is 0.416 e. The number of hydrogen-bond donors (Lipinski definition) is 0. The third-order valence-electron chi connectivity index (χ3n) is 3.52. The van der Waals surface area contributed by atoms with Crippen molar-refractivity contribution in [3.8, 4) is 0 Å². The Morgan fingerprint density at radius 2 is 1.77 bits per heavy atom. The molecule has 0 radical (unpaired) electrons. The molecule has 0 aliphatic rings. The van der Waals surface area contributed by atoms with Crippen LogP contribution in [0.5, 0.6) is 0 Å². The summed E-state index contributed by atoms with van der Waals surface area (Å²) < 4.78 is 48.1. The van der Waals surface area contributed by atoms with Crippen molar-refractivity contribution in [2.75, 3.05) is 13.2 Å². The molecule has 0 saturated carbocycles. The van der Waals surface area contributed by atoms with E-state index in [0.717, 1.165) is 12.1 Å². The van der Waals surface area contributed by atoms with Crippen LogP contribution in [-0.2, 0) is 22.3 Å². The number of benzene rings is 1. The molecule has 0 spiro atoms. The van der Waals surface area contributed by atoms with E-state index < -0.39 is 23.6 Å². The van der Waals surface area contributed by atoms with Gasteiger partial charge in [-0.15, -0.1) is 0 Å². The van der Waals surface area contributed by atoms with Crippen molar-refractivity contribution in [3.05, 3.63) is 59.0 Å². The summed E-state index contributed by atoms with van der Waals surface area (Å²) in [4.78, 5) is 25.5. The van der Waals surface area contributed by atoms with Gasteiger partial charge in [0.2, 0.25) is 0 Å². The molecule has 1 amide bonds. The molecule has 0 aliphatic heterocycles. The fourth-order valence-corrected chi connectivity index (χ4v) is 2.29. The van der Waals surface area contributed by atoms with Gasteiger partial charge in [-0.2, -0.15) is 13.2 Å². The molecule has 1 heterocycles. The second-order valence-corrected chi connectivity index (χ2v) is 5.57. The van der Waals surface area contributed by atoms with Crippen molar-refractivity contribution in [2.45, 2.75) is 26.6 Å². The molecule has 1 aromatic carbocycles. The van der Waals surface area contributed by atoms with Crippen LogP contribution in [0.3, 0.4) is 0 Å². The van der Waals surface area contributed by atoms with Crippen molar-refractivity contribution in [3.63, 3.8) is 0 Å². The Labute approximate surface area is 148 Å². The minimum Gasteiger partial charge on any atom is -0.465 e. The number of hydrogen-bond acceptors (Lipinski definition) is 4. The quantitative estimate of drug-likeness (QED) is 0.727. The first-order chi connectivity index (χ1) is 12.2. The number of alkyl halides is 3. The Morgan fingerprint density at radius 3 is 2.27 bits per heavy atom. The minimum atomic E-state index is -4.44. The first-order valence-electron chi connectivity index (χ1n) is 7.88. The van der Waals surface area contributed by atoms with Crippen molar-refractivity contribution < 1.29 is 31.9 Å². The van der Waals surface area contributed by atoms with E-state index in [0.29, 0.717) is 11.3 Å². The lowest BCUT2D eigenvalue weighted by molar-refractivity contribution is -0.144.